The molecular weight excluding hydrogens is 397 g/mol. The molecule has 2 heterocycles. The third-order valence-electron chi connectivity index (χ3n) is 4.66. The van der Waals surface area contributed by atoms with Crippen molar-refractivity contribution in [1.82, 2.24) is 19.9 Å². The lowest BCUT2D eigenvalue weighted by Crippen LogP contribution is -2.27. The van der Waals surface area contributed by atoms with Gasteiger partial charge in [-0.3, -0.25) is 4.79 Å². The van der Waals surface area contributed by atoms with E-state index in [1.54, 1.807) is 12.1 Å². The lowest BCUT2D eigenvalue weighted by Gasteiger charge is -2.13. The van der Waals surface area contributed by atoms with E-state index in [-0.39, 0.29) is 30.1 Å². The van der Waals surface area contributed by atoms with Gasteiger partial charge in [-0.15, -0.1) is 0 Å². The Morgan fingerprint density at radius 2 is 1.93 bits per heavy atom. The summed E-state index contributed by atoms with van der Waals surface area (Å²) >= 11 is 0. The molecule has 0 aliphatic rings. The molecule has 0 aliphatic heterocycles. The van der Waals surface area contributed by atoms with E-state index in [0.717, 1.165) is 23.0 Å². The van der Waals surface area contributed by atoms with Gasteiger partial charge in [0.1, 0.15) is 5.56 Å². The van der Waals surface area contributed by atoms with Crippen molar-refractivity contribution in [1.29, 1.82) is 0 Å². The van der Waals surface area contributed by atoms with Crippen molar-refractivity contribution in [3.63, 3.8) is 0 Å². The Morgan fingerprint density at radius 1 is 1.17 bits per heavy atom. The van der Waals surface area contributed by atoms with Crippen LogP contribution in [0.5, 0.6) is 0 Å². The van der Waals surface area contributed by atoms with Gasteiger partial charge in [0.2, 0.25) is 0 Å². The van der Waals surface area contributed by atoms with Gasteiger partial charge in [-0.05, 0) is 16.8 Å². The molecule has 0 saturated carbocycles. The van der Waals surface area contributed by atoms with E-state index in [0.29, 0.717) is 10.1 Å². The number of aromatic nitrogens is 3. The summed E-state index contributed by atoms with van der Waals surface area (Å²) in [5, 5.41) is 7.99. The number of methoxy groups -OCH3 is 1. The second-order valence-electron chi connectivity index (χ2n) is 6.59. The van der Waals surface area contributed by atoms with Crippen LogP contribution in [0.15, 0.2) is 54.7 Å². The summed E-state index contributed by atoms with van der Waals surface area (Å²) in [7, 11) is 1.48. The van der Waals surface area contributed by atoms with Crippen LogP contribution < -0.4 is 5.32 Å². The molecular formula is C21H17F3N4O2. The van der Waals surface area contributed by atoms with Crippen molar-refractivity contribution in [2.45, 2.75) is 6.18 Å². The lowest BCUT2D eigenvalue weighted by atomic mass is 10.0. The first-order valence-corrected chi connectivity index (χ1v) is 9.11. The van der Waals surface area contributed by atoms with E-state index in [2.05, 4.69) is 15.4 Å². The number of nitrogens with zero attached hydrogens (tertiary/aromatic N) is 3. The van der Waals surface area contributed by atoms with Gasteiger partial charge in [0.25, 0.3) is 5.91 Å². The molecule has 0 unspecified atom stereocenters. The fourth-order valence-corrected chi connectivity index (χ4v) is 3.27. The maximum Gasteiger partial charge on any atom is 0.433 e. The zero-order valence-electron chi connectivity index (χ0n) is 15.9. The van der Waals surface area contributed by atoms with Gasteiger partial charge in [-0.1, -0.05) is 42.5 Å². The summed E-state index contributed by atoms with van der Waals surface area (Å²) < 4.78 is 46.9. The first kappa shape index (κ1) is 19.8. The number of ether oxygens (including phenoxy) is 1. The van der Waals surface area contributed by atoms with Crippen LogP contribution in [0.3, 0.4) is 0 Å². The van der Waals surface area contributed by atoms with E-state index in [9.17, 15) is 18.0 Å². The third-order valence-corrected chi connectivity index (χ3v) is 4.66. The van der Waals surface area contributed by atoms with Gasteiger partial charge in [0, 0.05) is 19.2 Å². The molecule has 2 aromatic carbocycles. The van der Waals surface area contributed by atoms with Crippen LogP contribution in [-0.4, -0.2) is 40.8 Å². The molecule has 4 aromatic rings. The summed E-state index contributed by atoms with van der Waals surface area (Å²) in [6.07, 6.45) is -3.59. The second-order valence-corrected chi connectivity index (χ2v) is 6.59. The Bertz CT molecular complexity index is 1230. The summed E-state index contributed by atoms with van der Waals surface area (Å²) in [4.78, 5) is 16.9. The maximum absolute atomic E-state index is 13.8. The monoisotopic (exact) mass is 414 g/mol. The number of halogens is 3. The normalized spacial score (nSPS) is 11.9. The summed E-state index contributed by atoms with van der Waals surface area (Å²) in [6.45, 7) is 0.481. The molecule has 0 fully saturated rings. The van der Waals surface area contributed by atoms with Crippen LogP contribution in [0.2, 0.25) is 0 Å². The molecule has 0 spiro atoms. The van der Waals surface area contributed by atoms with Crippen molar-refractivity contribution in [2.75, 3.05) is 20.3 Å². The third kappa shape index (κ3) is 3.59. The Morgan fingerprint density at radius 3 is 2.70 bits per heavy atom. The maximum atomic E-state index is 13.8. The predicted octanol–water partition coefficient (Wildman–Crippen LogP) is 3.94. The minimum Gasteiger partial charge on any atom is -0.383 e. The van der Waals surface area contributed by atoms with Gasteiger partial charge in [-0.2, -0.15) is 18.3 Å². The molecule has 2 aromatic heterocycles. The highest BCUT2D eigenvalue weighted by atomic mass is 19.4. The Balaban J connectivity index is 1.92. The number of carbonyl (C=O) groups excluding carboxylic acids is 1. The van der Waals surface area contributed by atoms with E-state index in [4.69, 9.17) is 4.74 Å². The standard InChI is InChI=1S/C21H17F3N4O2/c1-30-10-9-25-20(29)16-12-26-28-18(21(22,23)24)11-17(27-19(16)28)15-8-4-6-13-5-2-3-7-14(13)15/h2-8,11-12H,9-10H2,1H3,(H,25,29). The first-order chi connectivity index (χ1) is 14.4. The highest BCUT2D eigenvalue weighted by molar-refractivity contribution is 6.00. The molecule has 0 bridgehead atoms. The number of alkyl halides is 3. The molecule has 0 atom stereocenters. The number of nitrogens with one attached hydrogen (secondary N) is 1. The molecule has 1 N–H and O–H groups in total. The van der Waals surface area contributed by atoms with Gasteiger partial charge >= 0.3 is 6.18 Å². The minimum absolute atomic E-state index is 0.0429. The second kappa shape index (κ2) is 7.75. The van der Waals surface area contributed by atoms with Gasteiger partial charge in [0.15, 0.2) is 11.3 Å². The highest BCUT2D eigenvalue weighted by Crippen LogP contribution is 2.34. The van der Waals surface area contributed by atoms with Crippen LogP contribution in [0.1, 0.15) is 16.1 Å². The van der Waals surface area contributed by atoms with E-state index in [1.165, 1.54) is 7.11 Å². The molecule has 154 valence electrons. The van der Waals surface area contributed by atoms with Crippen LogP contribution in [0.25, 0.3) is 27.7 Å². The average molecular weight is 414 g/mol. The fraction of sp³-hybridized carbons (Fsp3) is 0.190. The minimum atomic E-state index is -4.68. The van der Waals surface area contributed by atoms with Crippen LogP contribution in [-0.2, 0) is 10.9 Å². The number of benzene rings is 2. The van der Waals surface area contributed by atoms with Gasteiger partial charge in [-0.25, -0.2) is 9.50 Å². The van der Waals surface area contributed by atoms with Crippen molar-refractivity contribution in [3.8, 4) is 11.3 Å². The number of fused-ring (bicyclic) bond motifs is 2. The first-order valence-electron chi connectivity index (χ1n) is 9.11. The van der Waals surface area contributed by atoms with Crippen molar-refractivity contribution >= 4 is 22.3 Å². The van der Waals surface area contributed by atoms with Gasteiger partial charge < -0.3 is 10.1 Å². The molecule has 6 nitrogen and oxygen atoms in total. The van der Waals surface area contributed by atoms with E-state index >= 15 is 0 Å². The zero-order chi connectivity index (χ0) is 21.3. The number of amides is 1. The summed E-state index contributed by atoms with van der Waals surface area (Å²) in [6, 6.07) is 13.6. The number of rotatable bonds is 5. The van der Waals surface area contributed by atoms with Crippen LogP contribution in [0, 0.1) is 0 Å². The summed E-state index contributed by atoms with van der Waals surface area (Å²) in [5.41, 5.74) is -0.571. The number of hydrogen-bond donors (Lipinski definition) is 1. The molecule has 9 heteroatoms. The van der Waals surface area contributed by atoms with Crippen LogP contribution in [0.4, 0.5) is 13.2 Å². The SMILES string of the molecule is COCCNC(=O)c1cnn2c(C(F)(F)F)cc(-c3cccc4ccccc34)nc12. The molecule has 0 radical (unpaired) electrons. The van der Waals surface area contributed by atoms with E-state index in [1.807, 2.05) is 30.3 Å². The Hall–Kier alpha value is -3.46. The fourth-order valence-electron chi connectivity index (χ4n) is 3.27. The van der Waals surface area contributed by atoms with E-state index < -0.39 is 17.8 Å². The molecule has 1 amide bonds. The number of carbonyl (C=O) groups is 1. The van der Waals surface area contributed by atoms with Crippen molar-refractivity contribution in [3.05, 3.63) is 66.0 Å². The Labute approximate surface area is 169 Å². The zero-order valence-corrected chi connectivity index (χ0v) is 15.9. The summed E-state index contributed by atoms with van der Waals surface area (Å²) in [5.74, 6) is -0.572. The smallest absolute Gasteiger partial charge is 0.383 e. The highest BCUT2D eigenvalue weighted by Gasteiger charge is 2.36. The average Bonchev–Trinajstić information content (AvgIpc) is 3.16. The lowest BCUT2D eigenvalue weighted by molar-refractivity contribution is -0.142. The molecule has 4 rings (SSSR count). The topological polar surface area (TPSA) is 68.5 Å². The quantitative estimate of drug-likeness (QED) is 0.502. The van der Waals surface area contributed by atoms with Crippen molar-refractivity contribution < 1.29 is 22.7 Å². The number of hydrogen-bond acceptors (Lipinski definition) is 4. The van der Waals surface area contributed by atoms with Gasteiger partial charge in [0.05, 0.1) is 18.5 Å². The van der Waals surface area contributed by atoms with Crippen molar-refractivity contribution in [2.24, 2.45) is 0 Å². The largest absolute Gasteiger partial charge is 0.433 e. The Kier molecular flexibility index (Phi) is 5.13. The molecule has 30 heavy (non-hydrogen) atoms. The van der Waals surface area contributed by atoms with Crippen LogP contribution >= 0.6 is 0 Å². The molecule has 0 aliphatic carbocycles. The molecule has 0 saturated heterocycles. The predicted molar refractivity (Wildman–Crippen MR) is 105 cm³/mol.